The van der Waals surface area contributed by atoms with Crippen molar-refractivity contribution in [1.29, 1.82) is 0 Å². The second-order valence-electron chi connectivity index (χ2n) is 7.79. The van der Waals surface area contributed by atoms with Gasteiger partial charge in [-0.3, -0.25) is 4.90 Å². The predicted octanol–water partition coefficient (Wildman–Crippen LogP) is 3.81. The van der Waals surface area contributed by atoms with Crippen LogP contribution in [0.1, 0.15) is 18.4 Å². The smallest absolute Gasteiger partial charge is 0.174 e. The Morgan fingerprint density at radius 2 is 1.52 bits per heavy atom. The number of nitrogens with zero attached hydrogens (tertiary/aromatic N) is 4. The Bertz CT molecular complexity index is 963. The topological polar surface area (TPSA) is 53.5 Å². The third-order valence-corrected chi connectivity index (χ3v) is 5.68. The van der Waals surface area contributed by atoms with Crippen LogP contribution in [-0.2, 0) is 11.3 Å². The van der Waals surface area contributed by atoms with Crippen molar-refractivity contribution in [2.24, 2.45) is 0 Å². The highest BCUT2D eigenvalue weighted by molar-refractivity contribution is 5.82. The number of benzene rings is 2. The Morgan fingerprint density at radius 3 is 2.24 bits per heavy atom. The van der Waals surface area contributed by atoms with E-state index >= 15 is 0 Å². The molecule has 2 aliphatic rings. The molecule has 150 valence electrons. The molecular formula is C23H27N5O. The van der Waals surface area contributed by atoms with E-state index < -0.39 is 0 Å². The number of hydrogen-bond acceptors (Lipinski definition) is 6. The van der Waals surface area contributed by atoms with Gasteiger partial charge in [0.2, 0.25) is 0 Å². The summed E-state index contributed by atoms with van der Waals surface area (Å²) in [5.41, 5.74) is 4.23. The maximum Gasteiger partial charge on any atom is 0.174 e. The van der Waals surface area contributed by atoms with Crippen LogP contribution in [0.4, 0.5) is 17.3 Å². The second-order valence-corrected chi connectivity index (χ2v) is 7.79. The van der Waals surface area contributed by atoms with Crippen LogP contribution in [0.5, 0.6) is 0 Å². The van der Waals surface area contributed by atoms with E-state index in [0.717, 1.165) is 74.3 Å². The maximum absolute atomic E-state index is 5.44. The van der Waals surface area contributed by atoms with E-state index in [4.69, 9.17) is 14.7 Å². The highest BCUT2D eigenvalue weighted by Crippen LogP contribution is 2.30. The van der Waals surface area contributed by atoms with Gasteiger partial charge in [0.05, 0.1) is 24.2 Å². The minimum atomic E-state index is 0.833. The molecule has 0 unspecified atom stereocenters. The molecule has 3 heterocycles. The van der Waals surface area contributed by atoms with Gasteiger partial charge in [0, 0.05) is 38.4 Å². The van der Waals surface area contributed by atoms with E-state index in [9.17, 15) is 0 Å². The van der Waals surface area contributed by atoms with E-state index in [-0.39, 0.29) is 0 Å². The van der Waals surface area contributed by atoms with Crippen LogP contribution in [0.15, 0.2) is 48.5 Å². The average Bonchev–Trinajstić information content (AvgIpc) is 3.30. The van der Waals surface area contributed by atoms with Crippen molar-refractivity contribution in [3.8, 4) is 0 Å². The molecule has 0 radical (unpaired) electrons. The predicted molar refractivity (Wildman–Crippen MR) is 117 cm³/mol. The SMILES string of the molecule is c1ccc2nc(N3CCCC3)c(Nc3ccc(CN4CCOCC4)cc3)nc2c1. The zero-order valence-corrected chi connectivity index (χ0v) is 16.7. The first-order valence-corrected chi connectivity index (χ1v) is 10.5. The summed E-state index contributed by atoms with van der Waals surface area (Å²) < 4.78 is 5.44. The summed E-state index contributed by atoms with van der Waals surface area (Å²) in [7, 11) is 0. The summed E-state index contributed by atoms with van der Waals surface area (Å²) in [6.07, 6.45) is 2.42. The van der Waals surface area contributed by atoms with Crippen molar-refractivity contribution in [2.45, 2.75) is 19.4 Å². The van der Waals surface area contributed by atoms with Gasteiger partial charge in [-0.15, -0.1) is 0 Å². The van der Waals surface area contributed by atoms with Crippen molar-refractivity contribution in [3.63, 3.8) is 0 Å². The molecule has 0 spiro atoms. The van der Waals surface area contributed by atoms with Gasteiger partial charge < -0.3 is 15.0 Å². The number of aromatic nitrogens is 2. The highest BCUT2D eigenvalue weighted by atomic mass is 16.5. The molecular weight excluding hydrogens is 362 g/mol. The normalized spacial score (nSPS) is 17.7. The third-order valence-electron chi connectivity index (χ3n) is 5.68. The largest absolute Gasteiger partial charge is 0.379 e. The third kappa shape index (κ3) is 4.18. The molecule has 6 heteroatoms. The Balaban J connectivity index is 1.38. The standard InChI is InChI=1S/C23H27N5O/c1-2-6-21-20(5-1)25-22(23(26-21)28-11-3-4-12-28)24-19-9-7-18(8-10-19)17-27-13-15-29-16-14-27/h1-2,5-10H,3-4,11-17H2,(H,24,25). The Kier molecular flexibility index (Phi) is 5.28. The lowest BCUT2D eigenvalue weighted by Gasteiger charge is -2.26. The van der Waals surface area contributed by atoms with Crippen LogP contribution >= 0.6 is 0 Å². The number of rotatable bonds is 5. The van der Waals surface area contributed by atoms with E-state index in [2.05, 4.69) is 39.4 Å². The maximum atomic E-state index is 5.44. The molecule has 0 saturated carbocycles. The van der Waals surface area contributed by atoms with Gasteiger partial charge in [-0.25, -0.2) is 9.97 Å². The molecule has 6 nitrogen and oxygen atoms in total. The molecule has 0 aliphatic carbocycles. The fraction of sp³-hybridized carbons (Fsp3) is 0.391. The molecule has 0 bridgehead atoms. The van der Waals surface area contributed by atoms with E-state index in [1.54, 1.807) is 0 Å². The number of hydrogen-bond donors (Lipinski definition) is 1. The number of para-hydroxylation sites is 2. The fourth-order valence-corrected chi connectivity index (χ4v) is 4.07. The lowest BCUT2D eigenvalue weighted by molar-refractivity contribution is 0.0342. The van der Waals surface area contributed by atoms with E-state index in [1.165, 1.54) is 18.4 Å². The molecule has 0 atom stereocenters. The first kappa shape index (κ1) is 18.3. The first-order valence-electron chi connectivity index (χ1n) is 10.5. The van der Waals surface area contributed by atoms with Gasteiger partial charge >= 0.3 is 0 Å². The van der Waals surface area contributed by atoms with Crippen LogP contribution < -0.4 is 10.2 Å². The van der Waals surface area contributed by atoms with Gasteiger partial charge in [0.15, 0.2) is 11.6 Å². The number of anilines is 3. The van der Waals surface area contributed by atoms with Crippen molar-refractivity contribution >= 4 is 28.4 Å². The van der Waals surface area contributed by atoms with Gasteiger partial charge in [-0.1, -0.05) is 24.3 Å². The average molecular weight is 390 g/mol. The summed E-state index contributed by atoms with van der Waals surface area (Å²) in [5, 5.41) is 3.52. The van der Waals surface area contributed by atoms with Crippen molar-refractivity contribution in [1.82, 2.24) is 14.9 Å². The lowest BCUT2D eigenvalue weighted by atomic mass is 10.2. The molecule has 0 amide bonds. The van der Waals surface area contributed by atoms with E-state index in [0.29, 0.717) is 0 Å². The molecule has 2 fully saturated rings. The van der Waals surface area contributed by atoms with Crippen LogP contribution in [0.25, 0.3) is 11.0 Å². The van der Waals surface area contributed by atoms with Gasteiger partial charge in [0.1, 0.15) is 0 Å². The Labute approximate surface area is 171 Å². The van der Waals surface area contributed by atoms with Crippen molar-refractivity contribution in [2.75, 3.05) is 49.6 Å². The fourth-order valence-electron chi connectivity index (χ4n) is 4.07. The molecule has 5 rings (SSSR count). The Hall–Kier alpha value is -2.70. The monoisotopic (exact) mass is 389 g/mol. The summed E-state index contributed by atoms with van der Waals surface area (Å²) in [4.78, 5) is 14.6. The van der Waals surface area contributed by atoms with Crippen LogP contribution in [0, 0.1) is 0 Å². The summed E-state index contributed by atoms with van der Waals surface area (Å²) in [6.45, 7) is 6.73. The minimum absolute atomic E-state index is 0.833. The summed E-state index contributed by atoms with van der Waals surface area (Å²) in [5.74, 6) is 1.80. The summed E-state index contributed by atoms with van der Waals surface area (Å²) in [6, 6.07) is 16.8. The quantitative estimate of drug-likeness (QED) is 0.716. The van der Waals surface area contributed by atoms with Crippen LogP contribution in [0.3, 0.4) is 0 Å². The molecule has 2 aromatic carbocycles. The van der Waals surface area contributed by atoms with Gasteiger partial charge in [0.25, 0.3) is 0 Å². The molecule has 1 N–H and O–H groups in total. The van der Waals surface area contributed by atoms with Crippen molar-refractivity contribution < 1.29 is 4.74 Å². The highest BCUT2D eigenvalue weighted by Gasteiger charge is 2.19. The molecule has 29 heavy (non-hydrogen) atoms. The second kappa shape index (κ2) is 8.35. The van der Waals surface area contributed by atoms with Gasteiger partial charge in [-0.05, 0) is 42.7 Å². The number of nitrogens with one attached hydrogen (secondary N) is 1. The first-order chi connectivity index (χ1) is 14.3. The van der Waals surface area contributed by atoms with Crippen LogP contribution in [-0.4, -0.2) is 54.3 Å². The Morgan fingerprint density at radius 1 is 0.828 bits per heavy atom. The van der Waals surface area contributed by atoms with Crippen LogP contribution in [0.2, 0.25) is 0 Å². The summed E-state index contributed by atoms with van der Waals surface area (Å²) >= 11 is 0. The molecule has 2 saturated heterocycles. The number of morpholine rings is 1. The number of fused-ring (bicyclic) bond motifs is 1. The molecule has 2 aliphatic heterocycles. The lowest BCUT2D eigenvalue weighted by Crippen LogP contribution is -2.35. The molecule has 3 aromatic rings. The number of ether oxygens (including phenoxy) is 1. The minimum Gasteiger partial charge on any atom is -0.379 e. The zero-order valence-electron chi connectivity index (χ0n) is 16.7. The zero-order chi connectivity index (χ0) is 19.5. The van der Waals surface area contributed by atoms with E-state index in [1.807, 2.05) is 24.3 Å². The molecule has 1 aromatic heterocycles. The van der Waals surface area contributed by atoms with Crippen molar-refractivity contribution in [3.05, 3.63) is 54.1 Å². The van der Waals surface area contributed by atoms with Gasteiger partial charge in [-0.2, -0.15) is 0 Å².